The van der Waals surface area contributed by atoms with Crippen molar-refractivity contribution < 1.29 is 12.9 Å². The molecular weight excluding hydrogens is 491 g/mol. The van der Waals surface area contributed by atoms with Gasteiger partial charge in [0, 0.05) is 12.7 Å². The molecule has 0 atom stereocenters. The molecule has 4 aromatic rings. The molecule has 0 unspecified atom stereocenters. The average molecular weight is 515 g/mol. The summed E-state index contributed by atoms with van der Waals surface area (Å²) in [6.07, 6.45) is 0. The molecule has 31 heavy (non-hydrogen) atoms. The fourth-order valence-corrected chi connectivity index (χ4v) is 6.15. The van der Waals surface area contributed by atoms with E-state index in [1.54, 1.807) is 0 Å². The van der Waals surface area contributed by atoms with Gasteiger partial charge in [0.2, 0.25) is 0 Å². The third kappa shape index (κ3) is 5.71. The number of aryl methyl sites for hydroxylation is 2. The Bertz CT molecular complexity index is 1130. The van der Waals surface area contributed by atoms with E-state index in [1.165, 1.54) is 10.6 Å². The van der Waals surface area contributed by atoms with E-state index in [0.29, 0.717) is 12.9 Å². The second-order valence-corrected chi connectivity index (χ2v) is 12.0. The average Bonchev–Trinajstić information content (AvgIpc) is 3.13. The zero-order valence-corrected chi connectivity index (χ0v) is 21.0. The molecule has 4 rings (SSSR count). The van der Waals surface area contributed by atoms with Gasteiger partial charge < -0.3 is 0 Å². The third-order valence-electron chi connectivity index (χ3n) is 4.95. The number of hydrogen-bond donors (Lipinski definition) is 0. The van der Waals surface area contributed by atoms with Crippen LogP contribution in [0.25, 0.3) is 5.69 Å². The molecule has 0 bridgehead atoms. The van der Waals surface area contributed by atoms with E-state index in [0.717, 1.165) is 22.8 Å². The number of para-hydroxylation sites is 1. The summed E-state index contributed by atoms with van der Waals surface area (Å²) in [5.41, 5.74) is 4.11. The van der Waals surface area contributed by atoms with Gasteiger partial charge in [-0.2, -0.15) is 5.10 Å². The summed E-state index contributed by atoms with van der Waals surface area (Å²) >= 11 is 0.382. The topological polar surface area (TPSA) is 30.2 Å². The van der Waals surface area contributed by atoms with Crippen LogP contribution in [-0.2, 0) is 12.9 Å². The quantitative estimate of drug-likeness (QED) is 0.270. The monoisotopic (exact) mass is 514 g/mol. The molecule has 0 spiro atoms. The van der Waals surface area contributed by atoms with E-state index >= 15 is 0 Å². The Balaban J connectivity index is 0.000000858. The number of halogens is 2. The van der Waals surface area contributed by atoms with Crippen LogP contribution >= 0.6 is 27.3 Å². The molecule has 0 fully saturated rings. The van der Waals surface area contributed by atoms with Gasteiger partial charge in [0.1, 0.15) is 0 Å². The van der Waals surface area contributed by atoms with Crippen molar-refractivity contribution in [2.45, 2.75) is 13.8 Å². The van der Waals surface area contributed by atoms with Gasteiger partial charge >= 0.3 is 33.2 Å². The van der Waals surface area contributed by atoms with Crippen LogP contribution in [0, 0.1) is 13.8 Å². The Kier molecular flexibility index (Phi) is 8.59. The van der Waals surface area contributed by atoms with Crippen LogP contribution < -0.4 is 10.6 Å². The van der Waals surface area contributed by atoms with Crippen molar-refractivity contribution in [2.24, 2.45) is 4.74 Å². The first-order chi connectivity index (χ1) is 15.0. The van der Waals surface area contributed by atoms with Crippen LogP contribution in [0.3, 0.4) is 0 Å². The summed E-state index contributed by atoms with van der Waals surface area (Å²) in [6, 6.07) is 31.6. The summed E-state index contributed by atoms with van der Waals surface area (Å²) in [6.45, 7) is 6.39. The maximum absolute atomic E-state index is 5.41. The van der Waals surface area contributed by atoms with Crippen molar-refractivity contribution in [3.05, 3.63) is 102 Å². The normalized spacial score (nSPS) is 11.0. The molecule has 0 amide bonds. The fourth-order valence-electron chi connectivity index (χ4n) is 3.52. The van der Waals surface area contributed by atoms with Gasteiger partial charge in [0.15, 0.2) is 0 Å². The van der Waals surface area contributed by atoms with Crippen LogP contribution in [-0.4, -0.2) is 16.4 Å². The molecule has 163 valence electrons. The van der Waals surface area contributed by atoms with Crippen LogP contribution in [0.15, 0.2) is 95.7 Å². The minimum absolute atomic E-state index is 0.382. The third-order valence-corrected chi connectivity index (χ3v) is 8.17. The fraction of sp³-hybridized carbons (Fsp3) is 0.125. The van der Waals surface area contributed by atoms with Crippen LogP contribution in [0.1, 0.15) is 11.4 Å². The van der Waals surface area contributed by atoms with E-state index in [1.807, 2.05) is 23.7 Å². The zero-order valence-electron chi connectivity index (χ0n) is 17.5. The maximum atomic E-state index is 5.41. The molecule has 3 aromatic carbocycles. The van der Waals surface area contributed by atoms with Crippen molar-refractivity contribution in [3.8, 4) is 5.69 Å². The molecule has 0 N–H and O–H groups in total. The Morgan fingerprint density at radius 1 is 0.806 bits per heavy atom. The van der Waals surface area contributed by atoms with Gasteiger partial charge in [-0.15, -0.1) is 0 Å². The molecule has 7 heteroatoms. The van der Waals surface area contributed by atoms with Gasteiger partial charge in [0.05, 0.1) is 17.1 Å². The summed E-state index contributed by atoms with van der Waals surface area (Å²) in [4.78, 5) is 0. The standard InChI is InChI=1S/C24H24N3P.2ClH.Co/c1-19-18-20(2)27(25-19)24-17-11-10-16-23(24)26-28(3,21-12-6-4-7-13-21)22-14-8-5-9-15-22;;;/h4-18H,1-3H3;2*1H;/q;;;+2/p-2. The number of nitrogens with zero attached hydrogens (tertiary/aromatic N) is 3. The molecule has 3 nitrogen and oxygen atoms in total. The Morgan fingerprint density at radius 3 is 1.77 bits per heavy atom. The summed E-state index contributed by atoms with van der Waals surface area (Å²) in [7, 11) is 7.50. The van der Waals surface area contributed by atoms with E-state index in [2.05, 4.69) is 97.6 Å². The minimum atomic E-state index is -1.97. The number of rotatable bonds is 4. The molecule has 0 aliphatic heterocycles. The molecule has 1 aromatic heterocycles. The van der Waals surface area contributed by atoms with E-state index in [-0.39, 0.29) is 0 Å². The molecule has 0 saturated carbocycles. The number of benzene rings is 3. The SMILES string of the molecule is Cc1cc(C)n(-c2ccccc2N=P(C)(c2ccccc2)c2ccccc2)n1.[Cl][Co][Cl]. The summed E-state index contributed by atoms with van der Waals surface area (Å²) in [5, 5.41) is 7.22. The second kappa shape index (κ2) is 11.2. The van der Waals surface area contributed by atoms with Crippen molar-refractivity contribution in [1.29, 1.82) is 0 Å². The first kappa shape index (κ1) is 23.8. The van der Waals surface area contributed by atoms with Crippen molar-refractivity contribution >= 4 is 43.6 Å². The van der Waals surface area contributed by atoms with Gasteiger partial charge in [-0.05, 0) is 49.3 Å². The van der Waals surface area contributed by atoms with E-state index < -0.39 is 7.05 Å². The van der Waals surface area contributed by atoms with Crippen molar-refractivity contribution in [3.63, 3.8) is 0 Å². The second-order valence-electron chi connectivity index (χ2n) is 7.11. The first-order valence-electron chi connectivity index (χ1n) is 9.67. The Labute approximate surface area is 199 Å². The molecule has 0 aliphatic rings. The van der Waals surface area contributed by atoms with Crippen LogP contribution in [0.5, 0.6) is 0 Å². The number of aromatic nitrogens is 2. The van der Waals surface area contributed by atoms with Crippen LogP contribution in [0.4, 0.5) is 5.69 Å². The molecule has 0 radical (unpaired) electrons. The van der Waals surface area contributed by atoms with Crippen molar-refractivity contribution in [2.75, 3.05) is 6.66 Å². The first-order valence-corrected chi connectivity index (χ1v) is 14.7. The molecule has 1 heterocycles. The molecule has 0 aliphatic carbocycles. The van der Waals surface area contributed by atoms with E-state index in [9.17, 15) is 0 Å². The van der Waals surface area contributed by atoms with Crippen molar-refractivity contribution in [1.82, 2.24) is 9.78 Å². The van der Waals surface area contributed by atoms with Gasteiger partial charge in [-0.25, -0.2) is 4.68 Å². The van der Waals surface area contributed by atoms with Gasteiger partial charge in [-0.1, -0.05) is 72.8 Å². The van der Waals surface area contributed by atoms with Crippen LogP contribution in [0.2, 0.25) is 0 Å². The number of hydrogen-bond acceptors (Lipinski definition) is 2. The Hall–Kier alpha value is -1.81. The predicted octanol–water partition coefficient (Wildman–Crippen LogP) is 6.98. The van der Waals surface area contributed by atoms with Gasteiger partial charge in [-0.3, -0.25) is 4.74 Å². The summed E-state index contributed by atoms with van der Waals surface area (Å²) in [5.74, 6) is 0. The van der Waals surface area contributed by atoms with E-state index in [4.69, 9.17) is 25.0 Å². The van der Waals surface area contributed by atoms with Gasteiger partial charge in [0.25, 0.3) is 0 Å². The molecule has 0 saturated heterocycles. The Morgan fingerprint density at radius 2 is 1.29 bits per heavy atom. The predicted molar refractivity (Wildman–Crippen MR) is 132 cm³/mol. The summed E-state index contributed by atoms with van der Waals surface area (Å²) < 4.78 is 7.40. The molecular formula is C24H24Cl2CoN3P. The zero-order chi connectivity index (χ0) is 22.3.